The molecule has 0 unspecified atom stereocenters. The fraction of sp³-hybridized carbons (Fsp3) is 0.556. The minimum atomic E-state index is -0.470. The molecule has 2 N–H and O–H groups in total. The van der Waals surface area contributed by atoms with Gasteiger partial charge in [0.1, 0.15) is 0 Å². The van der Waals surface area contributed by atoms with Gasteiger partial charge in [0.25, 0.3) is 5.91 Å². The number of hydrogen-bond acceptors (Lipinski definition) is 3. The molecule has 1 heterocycles. The van der Waals surface area contributed by atoms with Crippen molar-refractivity contribution < 1.29 is 9.59 Å². The first kappa shape index (κ1) is 18.7. The van der Waals surface area contributed by atoms with Crippen molar-refractivity contribution in [1.82, 2.24) is 9.80 Å². The monoisotopic (exact) mass is 351 g/mol. The molecule has 1 aliphatic rings. The van der Waals surface area contributed by atoms with E-state index >= 15 is 0 Å². The zero-order valence-corrected chi connectivity index (χ0v) is 15.2. The van der Waals surface area contributed by atoms with Crippen LogP contribution in [0.3, 0.4) is 0 Å². The summed E-state index contributed by atoms with van der Waals surface area (Å²) in [5.41, 5.74) is 6.03. The average molecular weight is 352 g/mol. The largest absolute Gasteiger partial charge is 0.339 e. The SMILES string of the molecule is CCC(CC)(CN)C(=O)N1CCN(C(=O)c2ccc(Cl)cc2)CC1. The lowest BCUT2D eigenvalue weighted by Crippen LogP contribution is -2.55. The number of amides is 2. The first-order valence-electron chi connectivity index (χ1n) is 8.51. The predicted octanol–water partition coefficient (Wildman–Crippen LogP) is 2.39. The normalized spacial score (nSPS) is 15.5. The summed E-state index contributed by atoms with van der Waals surface area (Å²) in [6, 6.07) is 6.89. The van der Waals surface area contributed by atoms with Gasteiger partial charge >= 0.3 is 0 Å². The van der Waals surface area contributed by atoms with Gasteiger partial charge in [-0.15, -0.1) is 0 Å². The maximum absolute atomic E-state index is 12.8. The van der Waals surface area contributed by atoms with E-state index in [1.165, 1.54) is 0 Å². The van der Waals surface area contributed by atoms with Gasteiger partial charge in [-0.25, -0.2) is 0 Å². The van der Waals surface area contributed by atoms with Gasteiger partial charge in [-0.05, 0) is 37.1 Å². The third kappa shape index (κ3) is 3.73. The van der Waals surface area contributed by atoms with Crippen molar-refractivity contribution in [3.05, 3.63) is 34.9 Å². The van der Waals surface area contributed by atoms with Crippen molar-refractivity contribution in [3.8, 4) is 0 Å². The Labute approximate surface area is 148 Å². The molecule has 0 atom stereocenters. The van der Waals surface area contributed by atoms with E-state index in [1.807, 2.05) is 18.7 Å². The second-order valence-electron chi connectivity index (χ2n) is 6.28. The van der Waals surface area contributed by atoms with Gasteiger partial charge in [0, 0.05) is 43.3 Å². The highest BCUT2D eigenvalue weighted by Crippen LogP contribution is 2.28. The minimum Gasteiger partial charge on any atom is -0.339 e. The molecule has 1 aromatic carbocycles. The molecule has 1 aromatic rings. The molecule has 0 radical (unpaired) electrons. The fourth-order valence-corrected chi connectivity index (χ4v) is 3.28. The number of rotatable bonds is 5. The molecule has 0 spiro atoms. The van der Waals surface area contributed by atoms with Crippen molar-refractivity contribution in [3.63, 3.8) is 0 Å². The van der Waals surface area contributed by atoms with Crippen LogP contribution < -0.4 is 5.73 Å². The van der Waals surface area contributed by atoms with Crippen molar-refractivity contribution in [2.24, 2.45) is 11.1 Å². The van der Waals surface area contributed by atoms with Gasteiger partial charge in [-0.1, -0.05) is 25.4 Å². The Balaban J connectivity index is 1.99. The van der Waals surface area contributed by atoms with Crippen LogP contribution in [0.15, 0.2) is 24.3 Å². The van der Waals surface area contributed by atoms with E-state index in [9.17, 15) is 9.59 Å². The molecule has 0 bridgehead atoms. The van der Waals surface area contributed by atoms with E-state index in [1.54, 1.807) is 29.2 Å². The Hall–Kier alpha value is -1.59. The van der Waals surface area contributed by atoms with E-state index in [2.05, 4.69) is 0 Å². The lowest BCUT2D eigenvalue weighted by atomic mass is 9.81. The molecule has 1 saturated heterocycles. The first-order valence-corrected chi connectivity index (χ1v) is 8.89. The van der Waals surface area contributed by atoms with Gasteiger partial charge in [-0.2, -0.15) is 0 Å². The van der Waals surface area contributed by atoms with Gasteiger partial charge in [0.15, 0.2) is 0 Å². The van der Waals surface area contributed by atoms with Crippen LogP contribution in [0.4, 0.5) is 0 Å². The zero-order chi connectivity index (χ0) is 17.7. The molecular formula is C18H26ClN3O2. The van der Waals surface area contributed by atoms with Crippen LogP contribution in [0.25, 0.3) is 0 Å². The smallest absolute Gasteiger partial charge is 0.253 e. The van der Waals surface area contributed by atoms with E-state index in [4.69, 9.17) is 17.3 Å². The first-order chi connectivity index (χ1) is 11.5. The van der Waals surface area contributed by atoms with Crippen LogP contribution in [-0.2, 0) is 4.79 Å². The highest BCUT2D eigenvalue weighted by Gasteiger charge is 2.38. The van der Waals surface area contributed by atoms with Crippen LogP contribution in [0.5, 0.6) is 0 Å². The fourth-order valence-electron chi connectivity index (χ4n) is 3.15. The molecule has 6 heteroatoms. The van der Waals surface area contributed by atoms with Gasteiger partial charge in [-0.3, -0.25) is 9.59 Å². The quantitative estimate of drug-likeness (QED) is 0.885. The topological polar surface area (TPSA) is 66.6 Å². The molecule has 2 rings (SSSR count). The molecule has 1 fully saturated rings. The van der Waals surface area contributed by atoms with Gasteiger partial charge in [0.2, 0.25) is 5.91 Å². The third-order valence-corrected chi connectivity index (χ3v) is 5.40. The minimum absolute atomic E-state index is 0.0187. The third-order valence-electron chi connectivity index (χ3n) is 5.14. The number of halogens is 1. The standard InChI is InChI=1S/C18H26ClN3O2/c1-3-18(4-2,13-20)17(24)22-11-9-21(10-12-22)16(23)14-5-7-15(19)8-6-14/h5-8H,3-4,9-13,20H2,1-2H3. The Morgan fingerprint density at radius 3 is 2.00 bits per heavy atom. The number of hydrogen-bond donors (Lipinski definition) is 1. The molecule has 1 aliphatic heterocycles. The summed E-state index contributed by atoms with van der Waals surface area (Å²) in [6.07, 6.45) is 1.48. The number of benzene rings is 1. The van der Waals surface area contributed by atoms with E-state index in [-0.39, 0.29) is 11.8 Å². The van der Waals surface area contributed by atoms with Crippen LogP contribution in [0, 0.1) is 5.41 Å². The number of piperazine rings is 1. The molecule has 0 aromatic heterocycles. The van der Waals surface area contributed by atoms with Crippen molar-refractivity contribution in [1.29, 1.82) is 0 Å². The molecule has 132 valence electrons. The lowest BCUT2D eigenvalue weighted by Gasteiger charge is -2.40. The van der Waals surface area contributed by atoms with E-state index < -0.39 is 5.41 Å². The Bertz CT molecular complexity index is 568. The number of carbonyl (C=O) groups excluding carboxylic acids is 2. The summed E-state index contributed by atoms with van der Waals surface area (Å²) < 4.78 is 0. The van der Waals surface area contributed by atoms with Crippen molar-refractivity contribution in [2.75, 3.05) is 32.7 Å². The maximum atomic E-state index is 12.8. The second-order valence-corrected chi connectivity index (χ2v) is 6.72. The number of nitrogens with zero attached hydrogens (tertiary/aromatic N) is 2. The highest BCUT2D eigenvalue weighted by atomic mass is 35.5. The predicted molar refractivity (Wildman–Crippen MR) is 96.0 cm³/mol. The Morgan fingerprint density at radius 2 is 1.54 bits per heavy atom. The van der Waals surface area contributed by atoms with Crippen molar-refractivity contribution in [2.45, 2.75) is 26.7 Å². The summed E-state index contributed by atoms with van der Waals surface area (Å²) >= 11 is 5.86. The van der Waals surface area contributed by atoms with Gasteiger partial charge < -0.3 is 15.5 Å². The van der Waals surface area contributed by atoms with E-state index in [0.717, 1.165) is 12.8 Å². The summed E-state index contributed by atoms with van der Waals surface area (Å²) in [4.78, 5) is 29.0. The number of nitrogens with two attached hydrogens (primary N) is 1. The highest BCUT2D eigenvalue weighted by molar-refractivity contribution is 6.30. The summed E-state index contributed by atoms with van der Waals surface area (Å²) in [6.45, 7) is 6.58. The van der Waals surface area contributed by atoms with Crippen LogP contribution >= 0.6 is 11.6 Å². The molecular weight excluding hydrogens is 326 g/mol. The van der Waals surface area contributed by atoms with Crippen LogP contribution in [0.2, 0.25) is 5.02 Å². The van der Waals surface area contributed by atoms with Crippen LogP contribution in [-0.4, -0.2) is 54.3 Å². The summed E-state index contributed by atoms with van der Waals surface area (Å²) in [5, 5.41) is 0.610. The molecule has 0 saturated carbocycles. The van der Waals surface area contributed by atoms with Gasteiger partial charge in [0.05, 0.1) is 5.41 Å². The number of carbonyl (C=O) groups is 2. The molecule has 0 aliphatic carbocycles. The molecule has 2 amide bonds. The average Bonchev–Trinajstić information content (AvgIpc) is 2.63. The summed E-state index contributed by atoms with van der Waals surface area (Å²) in [5.74, 6) is 0.100. The van der Waals surface area contributed by atoms with Crippen LogP contribution in [0.1, 0.15) is 37.0 Å². The summed E-state index contributed by atoms with van der Waals surface area (Å²) in [7, 11) is 0. The van der Waals surface area contributed by atoms with E-state index in [0.29, 0.717) is 43.3 Å². The zero-order valence-electron chi connectivity index (χ0n) is 14.4. The van der Waals surface area contributed by atoms with Crippen molar-refractivity contribution >= 4 is 23.4 Å². The maximum Gasteiger partial charge on any atom is 0.253 e. The lowest BCUT2D eigenvalue weighted by molar-refractivity contribution is -0.143. The molecule has 24 heavy (non-hydrogen) atoms. The Kier molecular flexibility index (Phi) is 6.24. The molecule has 5 nitrogen and oxygen atoms in total. The Morgan fingerprint density at radius 1 is 1.04 bits per heavy atom. The second kappa shape index (κ2) is 7.99.